The zero-order valence-electron chi connectivity index (χ0n) is 15.7. The Labute approximate surface area is 182 Å². The first-order valence-electron chi connectivity index (χ1n) is 8.73. The standard InChI is InChI=1S/C20H17Cl2N5OS/c1-26-11-27(17-15(21)4-3-5-16(17)22)19(28)14-10-23-20(25-18(14)26)24-12-6-8-13(29-2)9-7-12/h3-10H,11H2,1-2H3,(H,23,24,25). The summed E-state index contributed by atoms with van der Waals surface area (Å²) in [5.74, 6) is 0.723. The number of thioether (sulfide) groups is 1. The molecule has 0 unspecified atom stereocenters. The average molecular weight is 446 g/mol. The van der Waals surface area contributed by atoms with Crippen LogP contribution in [0.5, 0.6) is 0 Å². The maximum atomic E-state index is 13.1. The Kier molecular flexibility index (Phi) is 5.54. The van der Waals surface area contributed by atoms with Gasteiger partial charge in [-0.15, -0.1) is 11.8 Å². The lowest BCUT2D eigenvalue weighted by atomic mass is 10.2. The SMILES string of the molecule is CSc1ccc(Nc2ncc3c(n2)N(C)CN(c2c(Cl)cccc2Cl)C3=O)cc1. The van der Waals surface area contributed by atoms with Gasteiger partial charge in [0.25, 0.3) is 5.91 Å². The number of halogens is 2. The normalized spacial score (nSPS) is 13.4. The van der Waals surface area contributed by atoms with Crippen molar-refractivity contribution in [1.29, 1.82) is 0 Å². The molecule has 1 aromatic heterocycles. The summed E-state index contributed by atoms with van der Waals surface area (Å²) in [6, 6.07) is 13.1. The molecule has 1 N–H and O–H groups in total. The highest BCUT2D eigenvalue weighted by atomic mass is 35.5. The minimum Gasteiger partial charge on any atom is -0.341 e. The van der Waals surface area contributed by atoms with Crippen LogP contribution < -0.4 is 15.1 Å². The van der Waals surface area contributed by atoms with Crippen molar-refractivity contribution < 1.29 is 4.79 Å². The van der Waals surface area contributed by atoms with Gasteiger partial charge in [0.15, 0.2) is 0 Å². The number of hydrogen-bond donors (Lipinski definition) is 1. The van der Waals surface area contributed by atoms with Gasteiger partial charge < -0.3 is 10.2 Å². The van der Waals surface area contributed by atoms with Crippen molar-refractivity contribution in [2.75, 3.05) is 35.1 Å². The molecule has 0 fully saturated rings. The van der Waals surface area contributed by atoms with Crippen molar-refractivity contribution in [1.82, 2.24) is 9.97 Å². The van der Waals surface area contributed by atoms with Crippen LogP contribution in [0.1, 0.15) is 10.4 Å². The maximum Gasteiger partial charge on any atom is 0.265 e. The van der Waals surface area contributed by atoms with Crippen LogP contribution in [0.4, 0.5) is 23.1 Å². The van der Waals surface area contributed by atoms with E-state index in [4.69, 9.17) is 23.2 Å². The molecule has 0 aliphatic carbocycles. The van der Waals surface area contributed by atoms with Crippen LogP contribution in [0.15, 0.2) is 53.6 Å². The summed E-state index contributed by atoms with van der Waals surface area (Å²) < 4.78 is 0. The molecule has 9 heteroatoms. The number of nitrogens with one attached hydrogen (secondary N) is 1. The van der Waals surface area contributed by atoms with Gasteiger partial charge in [-0.3, -0.25) is 9.69 Å². The number of nitrogens with zero attached hydrogens (tertiary/aromatic N) is 4. The van der Waals surface area contributed by atoms with Gasteiger partial charge >= 0.3 is 0 Å². The molecule has 1 aliphatic heterocycles. The van der Waals surface area contributed by atoms with Crippen molar-refractivity contribution in [3.05, 3.63) is 64.3 Å². The van der Waals surface area contributed by atoms with E-state index in [2.05, 4.69) is 15.3 Å². The second-order valence-electron chi connectivity index (χ2n) is 6.43. The first kappa shape index (κ1) is 19.8. The van der Waals surface area contributed by atoms with Gasteiger partial charge in [0, 0.05) is 23.8 Å². The number of hydrogen-bond acceptors (Lipinski definition) is 6. The molecule has 6 nitrogen and oxygen atoms in total. The molecule has 0 radical (unpaired) electrons. The van der Waals surface area contributed by atoms with E-state index in [9.17, 15) is 4.79 Å². The van der Waals surface area contributed by atoms with E-state index >= 15 is 0 Å². The number of benzene rings is 2. The van der Waals surface area contributed by atoms with E-state index < -0.39 is 0 Å². The number of anilines is 4. The lowest BCUT2D eigenvalue weighted by molar-refractivity contribution is 0.0982. The minimum atomic E-state index is -0.246. The number of amides is 1. The fourth-order valence-electron chi connectivity index (χ4n) is 3.09. The van der Waals surface area contributed by atoms with Gasteiger partial charge in [-0.25, -0.2) is 4.98 Å². The number of para-hydroxylation sites is 1. The summed E-state index contributed by atoms with van der Waals surface area (Å²) >= 11 is 14.3. The molecule has 3 aromatic rings. The molecule has 148 valence electrons. The van der Waals surface area contributed by atoms with Crippen molar-refractivity contribution in [3.8, 4) is 0 Å². The van der Waals surface area contributed by atoms with Crippen LogP contribution in [-0.4, -0.2) is 35.8 Å². The highest BCUT2D eigenvalue weighted by Crippen LogP contribution is 2.37. The summed E-state index contributed by atoms with van der Waals surface area (Å²) in [7, 11) is 1.85. The van der Waals surface area contributed by atoms with Crippen LogP contribution in [0, 0.1) is 0 Å². The number of aromatic nitrogens is 2. The van der Waals surface area contributed by atoms with Crippen molar-refractivity contribution in [3.63, 3.8) is 0 Å². The third kappa shape index (κ3) is 3.85. The van der Waals surface area contributed by atoms with Crippen LogP contribution in [-0.2, 0) is 0 Å². The van der Waals surface area contributed by atoms with Crippen LogP contribution in [0.2, 0.25) is 10.0 Å². The van der Waals surface area contributed by atoms with Crippen molar-refractivity contribution >= 4 is 64.0 Å². The minimum absolute atomic E-state index is 0.246. The Morgan fingerprint density at radius 3 is 2.45 bits per heavy atom. The van der Waals surface area contributed by atoms with Crippen molar-refractivity contribution in [2.24, 2.45) is 0 Å². The summed E-state index contributed by atoms with van der Waals surface area (Å²) in [6.07, 6.45) is 3.55. The van der Waals surface area contributed by atoms with E-state index in [-0.39, 0.29) is 12.6 Å². The predicted octanol–water partition coefficient (Wildman–Crippen LogP) is 5.30. The monoisotopic (exact) mass is 445 g/mol. The van der Waals surface area contributed by atoms with Gasteiger partial charge in [-0.05, 0) is 42.7 Å². The van der Waals surface area contributed by atoms with Gasteiger partial charge in [-0.1, -0.05) is 29.3 Å². The van der Waals surface area contributed by atoms with E-state index in [1.165, 1.54) is 16.0 Å². The largest absolute Gasteiger partial charge is 0.341 e. The van der Waals surface area contributed by atoms with E-state index in [1.54, 1.807) is 30.0 Å². The molecule has 4 rings (SSSR count). The number of rotatable bonds is 4. The third-order valence-corrected chi connectivity index (χ3v) is 5.87. The molecule has 29 heavy (non-hydrogen) atoms. The smallest absolute Gasteiger partial charge is 0.265 e. The van der Waals surface area contributed by atoms with Crippen LogP contribution in [0.3, 0.4) is 0 Å². The fourth-order valence-corrected chi connectivity index (χ4v) is 4.10. The first-order valence-corrected chi connectivity index (χ1v) is 10.7. The number of carbonyl (C=O) groups excluding carboxylic acids is 1. The Hall–Kier alpha value is -2.48. The molecule has 0 saturated heterocycles. The first-order chi connectivity index (χ1) is 14.0. The van der Waals surface area contributed by atoms with E-state index in [0.29, 0.717) is 33.1 Å². The maximum absolute atomic E-state index is 13.1. The van der Waals surface area contributed by atoms with Crippen LogP contribution in [0.25, 0.3) is 0 Å². The second-order valence-corrected chi connectivity index (χ2v) is 8.12. The molecular formula is C20H17Cl2N5OS. The fraction of sp³-hybridized carbons (Fsp3) is 0.150. The number of fused-ring (bicyclic) bond motifs is 1. The van der Waals surface area contributed by atoms with Gasteiger partial charge in [-0.2, -0.15) is 4.98 Å². The van der Waals surface area contributed by atoms with Gasteiger partial charge in [0.2, 0.25) is 5.95 Å². The molecule has 0 bridgehead atoms. The quantitative estimate of drug-likeness (QED) is 0.549. The Morgan fingerprint density at radius 1 is 1.10 bits per heavy atom. The van der Waals surface area contributed by atoms with Gasteiger partial charge in [0.1, 0.15) is 11.4 Å². The average Bonchev–Trinajstić information content (AvgIpc) is 2.72. The lowest BCUT2D eigenvalue weighted by Gasteiger charge is -2.35. The molecular weight excluding hydrogens is 429 g/mol. The van der Waals surface area contributed by atoms with Crippen molar-refractivity contribution in [2.45, 2.75) is 4.90 Å². The predicted molar refractivity (Wildman–Crippen MR) is 120 cm³/mol. The molecule has 0 spiro atoms. The lowest BCUT2D eigenvalue weighted by Crippen LogP contribution is -2.46. The zero-order chi connectivity index (χ0) is 20.5. The molecule has 2 aromatic carbocycles. The molecule has 0 atom stereocenters. The highest BCUT2D eigenvalue weighted by molar-refractivity contribution is 7.98. The molecule has 2 heterocycles. The van der Waals surface area contributed by atoms with Gasteiger partial charge in [0.05, 0.1) is 22.4 Å². The molecule has 1 aliphatic rings. The molecule has 1 amide bonds. The highest BCUT2D eigenvalue weighted by Gasteiger charge is 2.32. The zero-order valence-corrected chi connectivity index (χ0v) is 18.0. The summed E-state index contributed by atoms with van der Waals surface area (Å²) in [4.78, 5) is 26.5. The molecule has 0 saturated carbocycles. The van der Waals surface area contributed by atoms with Crippen LogP contribution >= 0.6 is 35.0 Å². The third-order valence-electron chi connectivity index (χ3n) is 4.51. The topological polar surface area (TPSA) is 61.4 Å². The summed E-state index contributed by atoms with van der Waals surface area (Å²) in [5.41, 5.74) is 1.74. The van der Waals surface area contributed by atoms with E-state index in [0.717, 1.165) is 5.69 Å². The Morgan fingerprint density at radius 2 is 1.79 bits per heavy atom. The number of carbonyl (C=O) groups is 1. The Balaban J connectivity index is 1.64. The second kappa shape index (κ2) is 8.10. The summed E-state index contributed by atoms with van der Waals surface area (Å²) in [6.45, 7) is 0.272. The Bertz CT molecular complexity index is 1060. The van der Waals surface area contributed by atoms with E-state index in [1.807, 2.05) is 42.5 Å². The summed E-state index contributed by atoms with van der Waals surface area (Å²) in [5, 5.41) is 4.00.